The van der Waals surface area contributed by atoms with Gasteiger partial charge in [0, 0.05) is 29.6 Å². The highest BCUT2D eigenvalue weighted by Gasteiger charge is 2.71. The second-order valence-electron chi connectivity index (χ2n) is 12.8. The molecular formula is C27H42O7. The van der Waals surface area contributed by atoms with E-state index in [1.165, 1.54) is 13.0 Å². The lowest BCUT2D eigenvalue weighted by Gasteiger charge is -2.61. The first-order chi connectivity index (χ1) is 15.6. The van der Waals surface area contributed by atoms with Crippen LogP contribution in [-0.4, -0.2) is 66.6 Å². The lowest BCUT2D eigenvalue weighted by atomic mass is 9.45. The summed E-state index contributed by atoms with van der Waals surface area (Å²) in [6.07, 6.45) is 0.624. The first-order valence-corrected chi connectivity index (χ1v) is 12.9. The molecule has 7 heteroatoms. The van der Waals surface area contributed by atoms with Crippen LogP contribution in [-0.2, 0) is 9.59 Å². The number of Topliss-reactive ketones (excluding diaryl/α,β-unsaturated/α-hetero) is 1. The predicted molar refractivity (Wildman–Crippen MR) is 126 cm³/mol. The van der Waals surface area contributed by atoms with E-state index in [1.54, 1.807) is 0 Å². The Balaban J connectivity index is 1.73. The lowest BCUT2D eigenvalue weighted by Crippen LogP contribution is -2.66. The van der Waals surface area contributed by atoms with Gasteiger partial charge in [0.2, 0.25) is 0 Å². The molecule has 192 valence electrons. The van der Waals surface area contributed by atoms with Gasteiger partial charge in [-0.15, -0.1) is 0 Å². The van der Waals surface area contributed by atoms with Crippen molar-refractivity contribution in [2.45, 2.75) is 109 Å². The molecule has 0 aliphatic heterocycles. The smallest absolute Gasteiger partial charge is 0.164 e. The second-order valence-corrected chi connectivity index (χ2v) is 12.8. The van der Waals surface area contributed by atoms with Gasteiger partial charge in [-0.1, -0.05) is 27.7 Å². The van der Waals surface area contributed by atoms with Crippen LogP contribution in [0, 0.1) is 34.5 Å². The van der Waals surface area contributed by atoms with Crippen LogP contribution in [0.15, 0.2) is 11.6 Å². The number of carbonyl (C=O) groups is 2. The average Bonchev–Trinajstić information content (AvgIpc) is 2.99. The molecule has 10 unspecified atom stereocenters. The summed E-state index contributed by atoms with van der Waals surface area (Å²) in [5.41, 5.74) is -4.44. The van der Waals surface area contributed by atoms with Crippen LogP contribution in [0.3, 0.4) is 0 Å². The van der Waals surface area contributed by atoms with E-state index < -0.39 is 58.1 Å². The molecule has 4 aliphatic carbocycles. The number of fused-ring (bicyclic) bond motifs is 5. The number of hydrogen-bond donors (Lipinski definition) is 5. The Hall–Kier alpha value is -1.12. The number of aliphatic hydroxyl groups is 5. The third kappa shape index (κ3) is 3.49. The largest absolute Gasteiger partial charge is 0.392 e. The van der Waals surface area contributed by atoms with Crippen molar-refractivity contribution in [2.24, 2.45) is 34.5 Å². The van der Waals surface area contributed by atoms with Gasteiger partial charge in [0.1, 0.15) is 5.60 Å². The van der Waals surface area contributed by atoms with Gasteiger partial charge in [0.05, 0.1) is 23.9 Å². The molecule has 0 radical (unpaired) electrons. The van der Waals surface area contributed by atoms with Crippen LogP contribution in [0.25, 0.3) is 0 Å². The number of aliphatic hydroxyl groups excluding tert-OH is 3. The summed E-state index contributed by atoms with van der Waals surface area (Å²) in [5, 5.41) is 55.8. The van der Waals surface area contributed by atoms with Crippen molar-refractivity contribution in [3.8, 4) is 0 Å². The van der Waals surface area contributed by atoms with Crippen molar-refractivity contribution in [3.05, 3.63) is 11.6 Å². The molecule has 0 saturated heterocycles. The molecule has 0 aromatic heterocycles. The van der Waals surface area contributed by atoms with E-state index in [0.29, 0.717) is 24.3 Å². The molecule has 3 saturated carbocycles. The molecule has 34 heavy (non-hydrogen) atoms. The zero-order valence-corrected chi connectivity index (χ0v) is 21.1. The number of carbonyl (C=O) groups excluding carboxylic acids is 2. The van der Waals surface area contributed by atoms with E-state index in [4.69, 9.17) is 0 Å². The average molecular weight is 479 g/mol. The topological polar surface area (TPSA) is 135 Å². The molecule has 0 amide bonds. The second kappa shape index (κ2) is 8.20. The van der Waals surface area contributed by atoms with Gasteiger partial charge in [-0.3, -0.25) is 9.59 Å². The van der Waals surface area contributed by atoms with Gasteiger partial charge in [-0.2, -0.15) is 0 Å². The minimum absolute atomic E-state index is 0.126. The van der Waals surface area contributed by atoms with Gasteiger partial charge >= 0.3 is 0 Å². The molecule has 5 N–H and O–H groups in total. The molecular weight excluding hydrogens is 436 g/mol. The zero-order valence-electron chi connectivity index (χ0n) is 21.1. The maximum atomic E-state index is 13.3. The normalized spacial score (nSPS) is 48.0. The van der Waals surface area contributed by atoms with Gasteiger partial charge in [-0.25, -0.2) is 0 Å². The molecule has 0 heterocycles. The van der Waals surface area contributed by atoms with Crippen LogP contribution in [0.4, 0.5) is 0 Å². The highest BCUT2D eigenvalue weighted by molar-refractivity contribution is 5.95. The van der Waals surface area contributed by atoms with Gasteiger partial charge in [-0.05, 0) is 68.4 Å². The van der Waals surface area contributed by atoms with Crippen LogP contribution in [0.2, 0.25) is 0 Å². The Morgan fingerprint density at radius 2 is 1.79 bits per heavy atom. The third-order valence-electron chi connectivity index (χ3n) is 10.2. The molecule has 10 atom stereocenters. The van der Waals surface area contributed by atoms with Crippen LogP contribution >= 0.6 is 0 Å². The molecule has 7 nitrogen and oxygen atoms in total. The number of rotatable bonds is 5. The van der Waals surface area contributed by atoms with E-state index in [9.17, 15) is 35.1 Å². The number of allylic oxidation sites excluding steroid dienone is 1. The summed E-state index contributed by atoms with van der Waals surface area (Å²) in [4.78, 5) is 26.3. The Bertz CT molecular complexity index is 893. The van der Waals surface area contributed by atoms with E-state index in [0.717, 1.165) is 0 Å². The van der Waals surface area contributed by atoms with Crippen LogP contribution in [0.1, 0.15) is 79.6 Å². The fraction of sp³-hybridized carbons (Fsp3) is 0.852. The van der Waals surface area contributed by atoms with Gasteiger partial charge < -0.3 is 25.5 Å². The quantitative estimate of drug-likeness (QED) is 0.407. The summed E-state index contributed by atoms with van der Waals surface area (Å²) in [7, 11) is 0. The first kappa shape index (κ1) is 26.0. The molecule has 3 fully saturated rings. The van der Waals surface area contributed by atoms with E-state index in [-0.39, 0.29) is 43.7 Å². The minimum atomic E-state index is -1.66. The molecule has 4 aliphatic rings. The van der Waals surface area contributed by atoms with E-state index in [1.807, 2.05) is 27.7 Å². The fourth-order valence-corrected chi connectivity index (χ4v) is 8.26. The maximum Gasteiger partial charge on any atom is 0.164 e. The summed E-state index contributed by atoms with van der Waals surface area (Å²) in [6.45, 7) is 9.28. The van der Waals surface area contributed by atoms with Crippen LogP contribution < -0.4 is 0 Å². The Labute approximate surface area is 202 Å². The molecule has 0 bridgehead atoms. The van der Waals surface area contributed by atoms with Crippen molar-refractivity contribution in [2.75, 3.05) is 0 Å². The van der Waals surface area contributed by atoms with E-state index >= 15 is 0 Å². The van der Waals surface area contributed by atoms with Crippen molar-refractivity contribution in [3.63, 3.8) is 0 Å². The van der Waals surface area contributed by atoms with Crippen LogP contribution in [0.5, 0.6) is 0 Å². The summed E-state index contributed by atoms with van der Waals surface area (Å²) in [6, 6.07) is 0. The Kier molecular flexibility index (Phi) is 6.26. The lowest BCUT2D eigenvalue weighted by molar-refractivity contribution is -0.186. The zero-order chi connectivity index (χ0) is 25.4. The molecule has 4 rings (SSSR count). The predicted octanol–water partition coefficient (Wildman–Crippen LogP) is 1.92. The summed E-state index contributed by atoms with van der Waals surface area (Å²) >= 11 is 0. The summed E-state index contributed by atoms with van der Waals surface area (Å²) in [5.74, 6) is -1.78. The third-order valence-corrected chi connectivity index (χ3v) is 10.2. The van der Waals surface area contributed by atoms with E-state index in [2.05, 4.69) is 0 Å². The monoisotopic (exact) mass is 478 g/mol. The highest BCUT2D eigenvalue weighted by atomic mass is 16.3. The minimum Gasteiger partial charge on any atom is -0.392 e. The highest BCUT2D eigenvalue weighted by Crippen LogP contribution is 2.68. The summed E-state index contributed by atoms with van der Waals surface area (Å²) < 4.78 is 0. The van der Waals surface area contributed by atoms with Gasteiger partial charge in [0.15, 0.2) is 11.6 Å². The maximum absolute atomic E-state index is 13.3. The van der Waals surface area contributed by atoms with Gasteiger partial charge in [0.25, 0.3) is 0 Å². The Morgan fingerprint density at radius 1 is 1.15 bits per heavy atom. The standard InChI is InChI=1S/C27H42O7/c1-14(2)6-7-22(32)26(5,33)21-8-9-27(34)16-11-17(28)15-10-18(29)19(30)12-24(15,3)23(16)20(31)13-25(21,27)4/h11,14-15,18-21,23,29-31,33-34H,6-10,12-13H2,1-5H3. The number of hydrogen-bond acceptors (Lipinski definition) is 7. The van der Waals surface area contributed by atoms with Crippen molar-refractivity contribution >= 4 is 11.6 Å². The SMILES string of the molecule is CC(C)CCC(=O)C(C)(O)C1CCC2(O)C3=CC(=O)C4CC(O)C(O)CC4(C)C3C(O)CC12C. The van der Waals surface area contributed by atoms with Crippen molar-refractivity contribution in [1.82, 2.24) is 0 Å². The molecule has 0 spiro atoms. The Morgan fingerprint density at radius 3 is 2.41 bits per heavy atom. The molecule has 0 aromatic carbocycles. The van der Waals surface area contributed by atoms with Crippen molar-refractivity contribution < 1.29 is 35.1 Å². The fourth-order valence-electron chi connectivity index (χ4n) is 8.26. The molecule has 0 aromatic rings. The first-order valence-electron chi connectivity index (χ1n) is 12.9. The number of ketones is 2. The van der Waals surface area contributed by atoms with Crippen molar-refractivity contribution in [1.29, 1.82) is 0 Å².